The molecule has 0 amide bonds. The third-order valence-electron chi connectivity index (χ3n) is 5.43. The van der Waals surface area contributed by atoms with Crippen LogP contribution in [0.25, 0.3) is 0 Å². The van der Waals surface area contributed by atoms with E-state index in [0.717, 1.165) is 11.1 Å². The number of carbonyl (C=O) groups excluding carboxylic acids is 3. The van der Waals surface area contributed by atoms with Crippen molar-refractivity contribution in [1.29, 1.82) is 0 Å². The predicted octanol–water partition coefficient (Wildman–Crippen LogP) is 3.75. The number of benzene rings is 2. The summed E-state index contributed by atoms with van der Waals surface area (Å²) < 4.78 is 10.5. The molecule has 0 N–H and O–H groups in total. The van der Waals surface area contributed by atoms with Crippen LogP contribution in [0.1, 0.15) is 39.9 Å². The normalized spacial score (nSPS) is 20.9. The molecule has 2 atom stereocenters. The van der Waals surface area contributed by atoms with E-state index in [9.17, 15) is 14.4 Å². The maximum absolute atomic E-state index is 12.8. The van der Waals surface area contributed by atoms with Gasteiger partial charge in [-0.1, -0.05) is 61.7 Å². The maximum atomic E-state index is 12.8. The molecule has 5 heteroatoms. The summed E-state index contributed by atoms with van der Waals surface area (Å²) in [4.78, 5) is 35.6. The Hall–Kier alpha value is -3.47. The number of ether oxygens (including phenoxy) is 2. The predicted molar refractivity (Wildman–Crippen MR) is 111 cm³/mol. The van der Waals surface area contributed by atoms with Crippen LogP contribution in [0.5, 0.6) is 0 Å². The third-order valence-corrected chi connectivity index (χ3v) is 5.43. The Kier molecular flexibility index (Phi) is 5.36. The van der Waals surface area contributed by atoms with Gasteiger partial charge in [0, 0.05) is 48.0 Å². The number of ketones is 1. The Morgan fingerprint density at radius 2 is 1.10 bits per heavy atom. The van der Waals surface area contributed by atoms with Gasteiger partial charge in [0.15, 0.2) is 5.78 Å². The first-order valence-electron chi connectivity index (χ1n) is 9.89. The van der Waals surface area contributed by atoms with Crippen molar-refractivity contribution in [3.05, 3.63) is 95.1 Å². The minimum atomic E-state index is -0.328. The van der Waals surface area contributed by atoms with Crippen LogP contribution in [-0.4, -0.2) is 29.9 Å². The Morgan fingerprint density at radius 3 is 1.40 bits per heavy atom. The summed E-state index contributed by atoms with van der Waals surface area (Å²) in [6.07, 6.45) is 1.92. The van der Waals surface area contributed by atoms with E-state index in [1.807, 2.05) is 24.3 Å². The number of cyclic esters (lactones) is 2. The summed E-state index contributed by atoms with van der Waals surface area (Å²) in [7, 11) is 0. The first kappa shape index (κ1) is 19.8. The largest absolute Gasteiger partial charge is 0.458 e. The molecule has 0 spiro atoms. The van der Waals surface area contributed by atoms with Crippen LogP contribution in [0, 0.1) is 0 Å². The summed E-state index contributed by atoms with van der Waals surface area (Å²) in [5.41, 5.74) is 4.21. The van der Waals surface area contributed by atoms with Gasteiger partial charge < -0.3 is 9.47 Å². The number of esters is 2. The van der Waals surface area contributed by atoms with Gasteiger partial charge in [-0.3, -0.25) is 4.79 Å². The number of hydrogen-bond donors (Lipinski definition) is 0. The first-order chi connectivity index (χ1) is 14.4. The van der Waals surface area contributed by atoms with Crippen molar-refractivity contribution < 1.29 is 23.9 Å². The zero-order chi connectivity index (χ0) is 21.3. The summed E-state index contributed by atoms with van der Waals surface area (Å²) in [6, 6.07) is 14.7. The molecule has 2 aromatic rings. The molecule has 2 aliphatic heterocycles. The van der Waals surface area contributed by atoms with Crippen molar-refractivity contribution in [3.63, 3.8) is 0 Å². The van der Waals surface area contributed by atoms with Crippen LogP contribution in [0.15, 0.2) is 72.8 Å². The molecule has 2 aromatic carbocycles. The fourth-order valence-corrected chi connectivity index (χ4v) is 3.77. The van der Waals surface area contributed by atoms with Gasteiger partial charge >= 0.3 is 11.9 Å². The molecule has 0 bridgehead atoms. The van der Waals surface area contributed by atoms with Crippen LogP contribution in [0.3, 0.4) is 0 Å². The molecule has 2 fully saturated rings. The van der Waals surface area contributed by atoms with Crippen LogP contribution < -0.4 is 0 Å². The molecule has 2 unspecified atom stereocenters. The second kappa shape index (κ2) is 8.11. The average Bonchev–Trinajstić information content (AvgIpc) is 3.22. The molecule has 152 valence electrons. The van der Waals surface area contributed by atoms with Crippen molar-refractivity contribution in [2.75, 3.05) is 0 Å². The summed E-state index contributed by atoms with van der Waals surface area (Å²) in [5, 5.41) is 0. The smallest absolute Gasteiger partial charge is 0.333 e. The molecule has 0 aliphatic carbocycles. The molecule has 2 aliphatic rings. The van der Waals surface area contributed by atoms with E-state index in [2.05, 4.69) is 13.2 Å². The Morgan fingerprint density at radius 1 is 0.733 bits per heavy atom. The monoisotopic (exact) mass is 402 g/mol. The lowest BCUT2D eigenvalue weighted by Crippen LogP contribution is -2.11. The van der Waals surface area contributed by atoms with Crippen LogP contribution in [-0.2, 0) is 31.9 Å². The van der Waals surface area contributed by atoms with Crippen molar-refractivity contribution in [3.8, 4) is 0 Å². The zero-order valence-electron chi connectivity index (χ0n) is 16.6. The molecule has 2 heterocycles. The van der Waals surface area contributed by atoms with Crippen molar-refractivity contribution in [1.82, 2.24) is 0 Å². The highest BCUT2D eigenvalue weighted by atomic mass is 16.6. The lowest BCUT2D eigenvalue weighted by molar-refractivity contribution is -0.139. The Bertz CT molecular complexity index is 915. The number of hydrogen-bond acceptors (Lipinski definition) is 5. The zero-order valence-corrected chi connectivity index (χ0v) is 16.6. The average molecular weight is 402 g/mol. The van der Waals surface area contributed by atoms with Gasteiger partial charge in [-0.05, 0) is 11.1 Å². The SMILES string of the molecule is C=C1CC(Cc2ccc(C(=O)c3ccc(CC4CC(=C)C(=O)O4)cc3)cc2)OC1=O. The van der Waals surface area contributed by atoms with Crippen molar-refractivity contribution in [2.45, 2.75) is 37.9 Å². The molecular weight excluding hydrogens is 380 g/mol. The van der Waals surface area contributed by atoms with Crippen LogP contribution in [0.2, 0.25) is 0 Å². The van der Waals surface area contributed by atoms with Gasteiger partial charge in [-0.25, -0.2) is 9.59 Å². The minimum absolute atomic E-state index is 0.0607. The molecule has 30 heavy (non-hydrogen) atoms. The highest BCUT2D eigenvalue weighted by Crippen LogP contribution is 2.24. The lowest BCUT2D eigenvalue weighted by atomic mass is 9.97. The van der Waals surface area contributed by atoms with Crippen LogP contribution >= 0.6 is 0 Å². The summed E-state index contributed by atoms with van der Waals surface area (Å²) in [5.74, 6) is -0.716. The molecule has 0 aromatic heterocycles. The van der Waals surface area contributed by atoms with Gasteiger partial charge in [0.25, 0.3) is 0 Å². The van der Waals surface area contributed by atoms with E-state index >= 15 is 0 Å². The maximum Gasteiger partial charge on any atom is 0.333 e. The molecule has 0 radical (unpaired) electrons. The van der Waals surface area contributed by atoms with Gasteiger partial charge in [-0.15, -0.1) is 0 Å². The second-order valence-electron chi connectivity index (χ2n) is 7.80. The molecular formula is C25H22O5. The standard InChI is InChI=1S/C25H22O5/c1-15-11-21(29-24(15)27)13-17-3-7-19(8-4-17)23(26)20-9-5-18(6-10-20)14-22-12-16(2)25(28)30-22/h3-10,21-22H,1-2,11-14H2. The molecule has 5 nitrogen and oxygen atoms in total. The quantitative estimate of drug-likeness (QED) is 0.418. The highest BCUT2D eigenvalue weighted by molar-refractivity contribution is 6.09. The van der Waals surface area contributed by atoms with E-state index in [1.54, 1.807) is 24.3 Å². The molecule has 2 saturated heterocycles. The topological polar surface area (TPSA) is 69.7 Å². The third kappa shape index (κ3) is 4.25. The van der Waals surface area contributed by atoms with Gasteiger partial charge in [0.05, 0.1) is 0 Å². The Labute approximate surface area is 175 Å². The van der Waals surface area contributed by atoms with Gasteiger partial charge in [-0.2, -0.15) is 0 Å². The van der Waals surface area contributed by atoms with E-state index in [4.69, 9.17) is 9.47 Å². The van der Waals surface area contributed by atoms with E-state index in [1.165, 1.54) is 0 Å². The van der Waals surface area contributed by atoms with Crippen LogP contribution in [0.4, 0.5) is 0 Å². The fourth-order valence-electron chi connectivity index (χ4n) is 3.77. The van der Waals surface area contributed by atoms with E-state index < -0.39 is 0 Å². The number of rotatable bonds is 6. The lowest BCUT2D eigenvalue weighted by Gasteiger charge is -2.10. The summed E-state index contributed by atoms with van der Waals surface area (Å²) in [6.45, 7) is 7.39. The Balaban J connectivity index is 1.37. The van der Waals surface area contributed by atoms with E-state index in [0.29, 0.717) is 48.0 Å². The second-order valence-corrected chi connectivity index (χ2v) is 7.80. The van der Waals surface area contributed by atoms with Crippen molar-refractivity contribution in [2.24, 2.45) is 0 Å². The van der Waals surface area contributed by atoms with E-state index in [-0.39, 0.29) is 29.9 Å². The minimum Gasteiger partial charge on any atom is -0.458 e. The fraction of sp³-hybridized carbons (Fsp3) is 0.240. The highest BCUT2D eigenvalue weighted by Gasteiger charge is 2.28. The number of carbonyl (C=O) groups is 3. The molecule has 0 saturated carbocycles. The van der Waals surface area contributed by atoms with Gasteiger partial charge in [0.2, 0.25) is 0 Å². The van der Waals surface area contributed by atoms with Crippen molar-refractivity contribution >= 4 is 17.7 Å². The summed E-state index contributed by atoms with van der Waals surface area (Å²) >= 11 is 0. The first-order valence-corrected chi connectivity index (χ1v) is 9.89. The van der Waals surface area contributed by atoms with Gasteiger partial charge in [0.1, 0.15) is 12.2 Å². The molecule has 4 rings (SSSR count).